The fraction of sp³-hybridized carbons (Fsp3) is 0.333. The van der Waals surface area contributed by atoms with Crippen LogP contribution in [-0.2, 0) is 19.0 Å². The third-order valence-electron chi connectivity index (χ3n) is 3.31. The smallest absolute Gasteiger partial charge is 0.545 e. The molecule has 0 aliphatic carbocycles. The van der Waals surface area contributed by atoms with Gasteiger partial charge in [-0.2, -0.15) is 0 Å². The van der Waals surface area contributed by atoms with Crippen molar-refractivity contribution in [3.63, 3.8) is 0 Å². The maximum atomic E-state index is 12.2. The van der Waals surface area contributed by atoms with Crippen LogP contribution in [0.2, 0.25) is 0 Å². The SMILES string of the molecule is C=CC(=O)OCCOC(=O)c1cc(C(=O)[O-])ccc1C(=O)OC(C)CC.[Li+]. The number of carboxylic acid groups (broad SMARTS) is 1. The van der Waals surface area contributed by atoms with Gasteiger partial charge in [-0.15, -0.1) is 0 Å². The van der Waals surface area contributed by atoms with Gasteiger partial charge >= 0.3 is 36.8 Å². The molecule has 0 fully saturated rings. The van der Waals surface area contributed by atoms with Crippen molar-refractivity contribution in [3.8, 4) is 0 Å². The normalized spacial score (nSPS) is 10.7. The molecule has 0 amide bonds. The van der Waals surface area contributed by atoms with E-state index in [4.69, 9.17) is 9.47 Å². The van der Waals surface area contributed by atoms with Gasteiger partial charge in [0.1, 0.15) is 13.2 Å². The fourth-order valence-corrected chi connectivity index (χ4v) is 1.76. The minimum absolute atomic E-state index is 0. The molecule has 8 nitrogen and oxygen atoms in total. The first-order valence-electron chi connectivity index (χ1n) is 7.82. The Bertz CT molecular complexity index is 713. The first kappa shape index (κ1) is 24.4. The zero-order valence-corrected chi connectivity index (χ0v) is 15.5. The summed E-state index contributed by atoms with van der Waals surface area (Å²) in [6.45, 7) is 6.21. The minimum Gasteiger partial charge on any atom is -0.545 e. The Morgan fingerprint density at radius 1 is 1.11 bits per heavy atom. The van der Waals surface area contributed by atoms with Crippen molar-refractivity contribution in [2.45, 2.75) is 26.4 Å². The van der Waals surface area contributed by atoms with Gasteiger partial charge < -0.3 is 24.1 Å². The molecule has 9 heteroatoms. The molecule has 0 saturated heterocycles. The molecule has 27 heavy (non-hydrogen) atoms. The van der Waals surface area contributed by atoms with Crippen LogP contribution in [0.3, 0.4) is 0 Å². The number of aromatic carboxylic acids is 1. The average molecular weight is 370 g/mol. The first-order chi connectivity index (χ1) is 12.3. The summed E-state index contributed by atoms with van der Waals surface area (Å²) in [4.78, 5) is 46.3. The minimum atomic E-state index is -1.51. The molecule has 0 aromatic heterocycles. The van der Waals surface area contributed by atoms with Crippen LogP contribution in [0.5, 0.6) is 0 Å². The van der Waals surface area contributed by atoms with Crippen molar-refractivity contribution in [2.75, 3.05) is 13.2 Å². The molecule has 1 rings (SSSR count). The summed E-state index contributed by atoms with van der Waals surface area (Å²) in [7, 11) is 0. The summed E-state index contributed by atoms with van der Waals surface area (Å²) in [6.07, 6.45) is 1.14. The van der Waals surface area contributed by atoms with Crippen molar-refractivity contribution in [3.05, 3.63) is 47.5 Å². The van der Waals surface area contributed by atoms with Crippen molar-refractivity contribution in [1.29, 1.82) is 0 Å². The summed E-state index contributed by atoms with van der Waals surface area (Å²) in [5.74, 6) is -3.94. The monoisotopic (exact) mass is 370 g/mol. The number of carbonyl (C=O) groups excluding carboxylic acids is 4. The van der Waals surface area contributed by atoms with E-state index in [9.17, 15) is 24.3 Å². The molecule has 0 aliphatic heterocycles. The van der Waals surface area contributed by atoms with Gasteiger partial charge in [-0.05, 0) is 31.0 Å². The van der Waals surface area contributed by atoms with E-state index in [1.807, 2.05) is 6.92 Å². The van der Waals surface area contributed by atoms with Gasteiger partial charge in [0.25, 0.3) is 0 Å². The number of carboxylic acids is 1. The number of ether oxygens (including phenoxy) is 3. The number of hydrogen-bond donors (Lipinski definition) is 0. The summed E-state index contributed by atoms with van der Waals surface area (Å²) >= 11 is 0. The van der Waals surface area contributed by atoms with Crippen molar-refractivity contribution in [1.82, 2.24) is 0 Å². The Labute approximate surface area is 168 Å². The number of hydrogen-bond acceptors (Lipinski definition) is 8. The second-order valence-electron chi connectivity index (χ2n) is 5.18. The fourth-order valence-electron chi connectivity index (χ4n) is 1.76. The van der Waals surface area contributed by atoms with Crippen LogP contribution in [-0.4, -0.2) is 43.2 Å². The molecule has 1 unspecified atom stereocenters. The summed E-state index contributed by atoms with van der Waals surface area (Å²) in [5.41, 5.74) is -0.714. The zero-order chi connectivity index (χ0) is 19.7. The second kappa shape index (κ2) is 11.9. The Balaban J connectivity index is 0.00000676. The molecule has 0 bridgehead atoms. The van der Waals surface area contributed by atoms with Gasteiger partial charge in [-0.1, -0.05) is 19.6 Å². The Morgan fingerprint density at radius 2 is 1.74 bits per heavy atom. The molecule has 0 radical (unpaired) electrons. The standard InChI is InChI=1S/C18H20O8.Li/c1-4-11(3)26-18(23)13-7-6-12(16(20)21)10-14(13)17(22)25-9-8-24-15(19)5-2;/h5-7,10-11H,2,4,8-9H2,1,3H3,(H,20,21);/q;+1/p-1. The van der Waals surface area contributed by atoms with Crippen LogP contribution >= 0.6 is 0 Å². The molecule has 0 spiro atoms. The van der Waals surface area contributed by atoms with Gasteiger partial charge in [-0.25, -0.2) is 14.4 Å². The summed E-state index contributed by atoms with van der Waals surface area (Å²) in [6, 6.07) is 3.26. The third-order valence-corrected chi connectivity index (χ3v) is 3.31. The van der Waals surface area contributed by atoms with E-state index in [1.165, 1.54) is 0 Å². The molecule has 0 heterocycles. The number of esters is 3. The van der Waals surface area contributed by atoms with E-state index in [2.05, 4.69) is 11.3 Å². The second-order valence-corrected chi connectivity index (χ2v) is 5.18. The van der Waals surface area contributed by atoms with Crippen LogP contribution in [0.15, 0.2) is 30.9 Å². The van der Waals surface area contributed by atoms with E-state index < -0.39 is 23.9 Å². The predicted molar refractivity (Wildman–Crippen MR) is 87.4 cm³/mol. The maximum Gasteiger partial charge on any atom is 1.00 e. The molecule has 140 valence electrons. The molecular weight excluding hydrogens is 351 g/mol. The average Bonchev–Trinajstić information content (AvgIpc) is 2.63. The zero-order valence-electron chi connectivity index (χ0n) is 15.5. The maximum absolute atomic E-state index is 12.2. The Morgan fingerprint density at radius 3 is 2.30 bits per heavy atom. The van der Waals surface area contributed by atoms with Gasteiger partial charge in [0, 0.05) is 6.08 Å². The van der Waals surface area contributed by atoms with E-state index in [-0.39, 0.29) is 54.9 Å². The van der Waals surface area contributed by atoms with Gasteiger partial charge in [0.05, 0.1) is 23.2 Å². The summed E-state index contributed by atoms with van der Waals surface area (Å²) < 4.78 is 14.7. The quantitative estimate of drug-likeness (QED) is 0.159. The van der Waals surface area contributed by atoms with Crippen LogP contribution < -0.4 is 24.0 Å². The van der Waals surface area contributed by atoms with E-state index in [1.54, 1.807) is 6.92 Å². The van der Waals surface area contributed by atoms with Crippen LogP contribution in [0.4, 0.5) is 0 Å². The predicted octanol–water partition coefficient (Wildman–Crippen LogP) is -2.10. The van der Waals surface area contributed by atoms with E-state index in [0.29, 0.717) is 6.42 Å². The van der Waals surface area contributed by atoms with Crippen molar-refractivity contribution < 1.29 is 57.4 Å². The molecule has 1 atom stereocenters. The van der Waals surface area contributed by atoms with Gasteiger partial charge in [0.2, 0.25) is 0 Å². The van der Waals surface area contributed by atoms with E-state index >= 15 is 0 Å². The first-order valence-corrected chi connectivity index (χ1v) is 7.82. The Hall–Kier alpha value is -2.56. The van der Waals surface area contributed by atoms with Gasteiger partial charge in [0.15, 0.2) is 0 Å². The molecule has 0 N–H and O–H groups in total. The number of carbonyl (C=O) groups is 4. The molecular formula is C18H19LiO8. The van der Waals surface area contributed by atoms with Crippen LogP contribution in [0, 0.1) is 0 Å². The van der Waals surface area contributed by atoms with Crippen LogP contribution in [0.25, 0.3) is 0 Å². The molecule has 0 aliphatic rings. The third kappa shape index (κ3) is 7.68. The summed E-state index contributed by atoms with van der Waals surface area (Å²) in [5, 5.41) is 11.0. The molecule has 0 saturated carbocycles. The largest absolute Gasteiger partial charge is 1.00 e. The number of rotatable bonds is 9. The van der Waals surface area contributed by atoms with Crippen molar-refractivity contribution in [2.24, 2.45) is 0 Å². The van der Waals surface area contributed by atoms with E-state index in [0.717, 1.165) is 24.3 Å². The van der Waals surface area contributed by atoms with Crippen molar-refractivity contribution >= 4 is 23.9 Å². The molecule has 1 aromatic rings. The molecule has 1 aromatic carbocycles. The Kier molecular flexibility index (Phi) is 10.8. The topological polar surface area (TPSA) is 119 Å². The van der Waals surface area contributed by atoms with Gasteiger partial charge in [-0.3, -0.25) is 0 Å². The number of benzene rings is 1. The van der Waals surface area contributed by atoms with Crippen LogP contribution in [0.1, 0.15) is 51.3 Å².